The summed E-state index contributed by atoms with van der Waals surface area (Å²) in [6, 6.07) is 10.1. The molecule has 3 rings (SSSR count). The van der Waals surface area contributed by atoms with E-state index >= 15 is 0 Å². The smallest absolute Gasteiger partial charge is 0.306 e. The van der Waals surface area contributed by atoms with Crippen LogP contribution in [0.4, 0.5) is 0 Å². The van der Waals surface area contributed by atoms with E-state index in [0.717, 1.165) is 53.9 Å². The number of hydrogen-bond acceptors (Lipinski definition) is 5. The van der Waals surface area contributed by atoms with Gasteiger partial charge < -0.3 is 15.0 Å². The highest BCUT2D eigenvalue weighted by atomic mass is 32.1. The third-order valence-electron chi connectivity index (χ3n) is 8.82. The maximum Gasteiger partial charge on any atom is 0.306 e. The average molecular weight is 613 g/mol. The fourth-order valence-electron chi connectivity index (χ4n) is 6.17. The van der Waals surface area contributed by atoms with Crippen LogP contribution in [0.15, 0.2) is 30.3 Å². The maximum atomic E-state index is 13.3. The Morgan fingerprint density at radius 2 is 1.37 bits per heavy atom. The van der Waals surface area contributed by atoms with Gasteiger partial charge in [0.1, 0.15) is 0 Å². The van der Waals surface area contributed by atoms with Crippen LogP contribution < -0.4 is 5.32 Å². The number of likely N-dealkylation sites (tertiary alicyclic amines) is 1. The van der Waals surface area contributed by atoms with E-state index in [9.17, 15) is 9.59 Å². The van der Waals surface area contributed by atoms with E-state index in [-0.39, 0.29) is 11.9 Å². The number of nitrogens with one attached hydrogen (secondary N) is 1. The van der Waals surface area contributed by atoms with Crippen molar-refractivity contribution in [2.24, 2.45) is 0 Å². The highest BCUT2D eigenvalue weighted by Gasteiger charge is 2.26. The molecule has 1 aliphatic rings. The Balaban J connectivity index is 1.31. The molecule has 2 heterocycles. The molecule has 242 valence electrons. The van der Waals surface area contributed by atoms with Gasteiger partial charge in [-0.2, -0.15) is 0 Å². The number of fused-ring (bicyclic) bond motifs is 1. The van der Waals surface area contributed by atoms with Gasteiger partial charge in [0.05, 0.1) is 4.88 Å². The molecule has 1 saturated heterocycles. The summed E-state index contributed by atoms with van der Waals surface area (Å²) >= 11 is 1.54. The summed E-state index contributed by atoms with van der Waals surface area (Å²) in [4.78, 5) is 29.4. The number of ether oxygens (including phenoxy) is 1. The van der Waals surface area contributed by atoms with Crippen LogP contribution in [-0.4, -0.2) is 43.0 Å². The number of thiophene rings is 1. The molecular formula is C37H60N2O3S. The summed E-state index contributed by atoms with van der Waals surface area (Å²) in [7, 11) is 0. The van der Waals surface area contributed by atoms with Crippen LogP contribution in [0.3, 0.4) is 0 Å². The number of benzene rings is 1. The Hall–Kier alpha value is -1.92. The van der Waals surface area contributed by atoms with Crippen LogP contribution in [-0.2, 0) is 14.3 Å². The SMILES string of the molecule is CCCCCCCCCCCCCCCCCC(=O)OC(C(=O)NCCCN1CCCCCC1)c1cc2ccccc2s1. The fourth-order valence-corrected chi connectivity index (χ4v) is 7.26. The lowest BCUT2D eigenvalue weighted by Gasteiger charge is -2.20. The molecule has 0 saturated carbocycles. The second-order valence-corrected chi connectivity index (χ2v) is 13.8. The molecule has 5 nitrogen and oxygen atoms in total. The first-order chi connectivity index (χ1) is 21.2. The van der Waals surface area contributed by atoms with Gasteiger partial charge in [-0.3, -0.25) is 9.59 Å². The van der Waals surface area contributed by atoms with Gasteiger partial charge in [0, 0.05) is 17.7 Å². The number of unbranched alkanes of at least 4 members (excludes halogenated alkanes) is 14. The molecule has 1 aromatic heterocycles. The highest BCUT2D eigenvalue weighted by molar-refractivity contribution is 7.19. The number of carbonyl (C=O) groups excluding carboxylic acids is 2. The summed E-state index contributed by atoms with van der Waals surface area (Å²) in [5.74, 6) is -0.468. The van der Waals surface area contributed by atoms with E-state index in [1.165, 1.54) is 109 Å². The molecule has 1 unspecified atom stereocenters. The summed E-state index contributed by atoms with van der Waals surface area (Å²) in [6.45, 7) is 6.21. The lowest BCUT2D eigenvalue weighted by molar-refractivity contribution is -0.156. The summed E-state index contributed by atoms with van der Waals surface area (Å²) < 4.78 is 6.97. The van der Waals surface area contributed by atoms with Crippen LogP contribution in [0.2, 0.25) is 0 Å². The minimum atomic E-state index is -0.876. The predicted octanol–water partition coefficient (Wildman–Crippen LogP) is 10.1. The van der Waals surface area contributed by atoms with Crippen molar-refractivity contribution in [1.82, 2.24) is 10.2 Å². The molecule has 1 aromatic carbocycles. The van der Waals surface area contributed by atoms with Crippen molar-refractivity contribution in [2.75, 3.05) is 26.2 Å². The van der Waals surface area contributed by atoms with Gasteiger partial charge in [0.15, 0.2) is 0 Å². The molecular weight excluding hydrogens is 552 g/mol. The Morgan fingerprint density at radius 3 is 1.98 bits per heavy atom. The predicted molar refractivity (Wildman–Crippen MR) is 183 cm³/mol. The third-order valence-corrected chi connectivity index (χ3v) is 9.98. The zero-order valence-electron chi connectivity index (χ0n) is 27.2. The zero-order valence-corrected chi connectivity index (χ0v) is 28.0. The molecule has 1 atom stereocenters. The van der Waals surface area contributed by atoms with Gasteiger partial charge >= 0.3 is 5.97 Å². The largest absolute Gasteiger partial charge is 0.446 e. The Kier molecular flexibility index (Phi) is 18.7. The first-order valence-corrected chi connectivity index (χ1v) is 18.7. The lowest BCUT2D eigenvalue weighted by Crippen LogP contribution is -2.34. The second-order valence-electron chi connectivity index (χ2n) is 12.7. The normalized spacial score (nSPS) is 14.9. The van der Waals surface area contributed by atoms with Crippen molar-refractivity contribution in [3.8, 4) is 0 Å². The van der Waals surface area contributed by atoms with E-state index < -0.39 is 6.10 Å². The molecule has 2 aromatic rings. The van der Waals surface area contributed by atoms with Crippen LogP contribution in [0.5, 0.6) is 0 Å². The number of nitrogens with zero attached hydrogens (tertiary/aromatic N) is 1. The average Bonchev–Trinajstić information content (AvgIpc) is 3.27. The molecule has 43 heavy (non-hydrogen) atoms. The van der Waals surface area contributed by atoms with E-state index in [1.807, 2.05) is 24.3 Å². The monoisotopic (exact) mass is 612 g/mol. The number of hydrogen-bond donors (Lipinski definition) is 1. The topological polar surface area (TPSA) is 58.6 Å². The van der Waals surface area contributed by atoms with Crippen molar-refractivity contribution < 1.29 is 14.3 Å². The first kappa shape index (κ1) is 35.6. The minimum absolute atomic E-state index is 0.202. The quantitative estimate of drug-likeness (QED) is 0.100. The Bertz CT molecular complexity index is 981. The Labute approximate surface area is 266 Å². The van der Waals surface area contributed by atoms with E-state index in [1.54, 1.807) is 11.3 Å². The summed E-state index contributed by atoms with van der Waals surface area (Å²) in [5, 5.41) is 4.16. The molecule has 1 aliphatic heterocycles. The molecule has 6 heteroatoms. The zero-order chi connectivity index (χ0) is 30.4. The van der Waals surface area contributed by atoms with Gasteiger partial charge in [-0.1, -0.05) is 128 Å². The first-order valence-electron chi connectivity index (χ1n) is 17.9. The van der Waals surface area contributed by atoms with Gasteiger partial charge in [-0.05, 0) is 62.8 Å². The van der Waals surface area contributed by atoms with Crippen molar-refractivity contribution in [2.45, 2.75) is 148 Å². The highest BCUT2D eigenvalue weighted by Crippen LogP contribution is 2.32. The fraction of sp³-hybridized carbons (Fsp3) is 0.730. The lowest BCUT2D eigenvalue weighted by atomic mass is 10.0. The molecule has 1 fully saturated rings. The number of amides is 1. The van der Waals surface area contributed by atoms with E-state index in [0.29, 0.717) is 13.0 Å². The van der Waals surface area contributed by atoms with E-state index in [2.05, 4.69) is 23.2 Å². The van der Waals surface area contributed by atoms with Gasteiger partial charge in [0.2, 0.25) is 6.10 Å². The number of rotatable bonds is 23. The van der Waals surface area contributed by atoms with E-state index in [4.69, 9.17) is 4.74 Å². The Morgan fingerprint density at radius 1 is 0.791 bits per heavy atom. The summed E-state index contributed by atoms with van der Waals surface area (Å²) in [5.41, 5.74) is 0. The molecule has 0 aliphatic carbocycles. The second kappa shape index (κ2) is 22.6. The van der Waals surface area contributed by atoms with Crippen LogP contribution in [0, 0.1) is 0 Å². The molecule has 0 bridgehead atoms. The molecule has 0 spiro atoms. The minimum Gasteiger partial charge on any atom is -0.446 e. The number of carbonyl (C=O) groups is 2. The van der Waals surface area contributed by atoms with Crippen molar-refractivity contribution in [1.29, 1.82) is 0 Å². The molecule has 1 N–H and O–H groups in total. The van der Waals surface area contributed by atoms with Gasteiger partial charge in [-0.15, -0.1) is 11.3 Å². The van der Waals surface area contributed by atoms with Crippen molar-refractivity contribution in [3.63, 3.8) is 0 Å². The summed E-state index contributed by atoms with van der Waals surface area (Å²) in [6.07, 6.45) is 25.0. The van der Waals surface area contributed by atoms with Crippen LogP contribution >= 0.6 is 11.3 Å². The van der Waals surface area contributed by atoms with Gasteiger partial charge in [0.25, 0.3) is 5.91 Å². The third kappa shape index (κ3) is 15.1. The van der Waals surface area contributed by atoms with Gasteiger partial charge in [-0.25, -0.2) is 0 Å². The van der Waals surface area contributed by atoms with Crippen LogP contribution in [0.25, 0.3) is 10.1 Å². The maximum absolute atomic E-state index is 13.3. The standard InChI is InChI=1S/C37H60N2O3S/c1-2-3-4-5-6-7-8-9-10-11-12-13-14-15-18-26-35(40)42-36(34-31-32-24-19-20-25-33(32)43-34)37(41)38-27-23-30-39-28-21-16-17-22-29-39/h19-20,24-25,31,36H,2-18,21-23,26-30H2,1H3,(H,38,41). The number of esters is 1. The van der Waals surface area contributed by atoms with Crippen molar-refractivity contribution >= 4 is 33.3 Å². The van der Waals surface area contributed by atoms with Crippen molar-refractivity contribution in [3.05, 3.63) is 35.2 Å². The molecule has 0 radical (unpaired) electrons. The van der Waals surface area contributed by atoms with Crippen LogP contribution in [0.1, 0.15) is 153 Å². The molecule has 1 amide bonds.